The van der Waals surface area contributed by atoms with Gasteiger partial charge in [0.05, 0.1) is 6.61 Å². The second-order valence-corrected chi connectivity index (χ2v) is 6.49. The lowest BCUT2D eigenvalue weighted by molar-refractivity contribution is 0.242. The first-order valence-corrected chi connectivity index (χ1v) is 6.92. The third-order valence-electron chi connectivity index (χ3n) is 2.77. The van der Waals surface area contributed by atoms with Gasteiger partial charge < -0.3 is 10.1 Å². The SMILES string of the molecule is CC(C)NCc1cc(F)cc(OCCC(C)(C)C)c1. The molecule has 0 atom stereocenters. The van der Waals surface area contributed by atoms with Gasteiger partial charge in [-0.15, -0.1) is 0 Å². The van der Waals surface area contributed by atoms with Gasteiger partial charge in [-0.25, -0.2) is 4.39 Å². The van der Waals surface area contributed by atoms with Crippen molar-refractivity contribution in [3.05, 3.63) is 29.6 Å². The third-order valence-corrected chi connectivity index (χ3v) is 2.77. The van der Waals surface area contributed by atoms with E-state index in [9.17, 15) is 4.39 Å². The molecule has 0 aromatic heterocycles. The lowest BCUT2D eigenvalue weighted by atomic mass is 9.93. The lowest BCUT2D eigenvalue weighted by Gasteiger charge is -2.18. The van der Waals surface area contributed by atoms with Crippen LogP contribution in [-0.2, 0) is 6.54 Å². The van der Waals surface area contributed by atoms with Crippen LogP contribution < -0.4 is 10.1 Å². The zero-order valence-corrected chi connectivity index (χ0v) is 12.7. The minimum atomic E-state index is -0.242. The molecule has 0 fully saturated rings. The third kappa shape index (κ3) is 7.16. The van der Waals surface area contributed by atoms with Gasteiger partial charge in [0.2, 0.25) is 0 Å². The maximum atomic E-state index is 13.5. The number of rotatable bonds is 6. The minimum absolute atomic E-state index is 0.232. The van der Waals surface area contributed by atoms with E-state index in [0.717, 1.165) is 12.0 Å². The summed E-state index contributed by atoms with van der Waals surface area (Å²) < 4.78 is 19.1. The topological polar surface area (TPSA) is 21.3 Å². The molecule has 3 heteroatoms. The van der Waals surface area contributed by atoms with Gasteiger partial charge in [0, 0.05) is 18.7 Å². The average Bonchev–Trinajstić information content (AvgIpc) is 2.24. The largest absolute Gasteiger partial charge is 0.493 e. The van der Waals surface area contributed by atoms with Crippen LogP contribution in [0.25, 0.3) is 0 Å². The summed E-state index contributed by atoms with van der Waals surface area (Å²) in [6, 6.07) is 5.28. The van der Waals surface area contributed by atoms with E-state index in [2.05, 4.69) is 39.9 Å². The van der Waals surface area contributed by atoms with E-state index in [1.807, 2.05) is 6.07 Å². The summed E-state index contributed by atoms with van der Waals surface area (Å²) in [6.07, 6.45) is 0.948. The highest BCUT2D eigenvalue weighted by Crippen LogP contribution is 2.21. The van der Waals surface area contributed by atoms with Crippen molar-refractivity contribution in [2.24, 2.45) is 5.41 Å². The van der Waals surface area contributed by atoms with Crippen molar-refractivity contribution in [3.8, 4) is 5.75 Å². The number of halogens is 1. The van der Waals surface area contributed by atoms with Crippen LogP contribution in [-0.4, -0.2) is 12.6 Å². The quantitative estimate of drug-likeness (QED) is 0.836. The molecule has 2 nitrogen and oxygen atoms in total. The van der Waals surface area contributed by atoms with E-state index in [1.54, 1.807) is 6.07 Å². The first kappa shape index (κ1) is 16.0. The molecule has 1 N–H and O–H groups in total. The Kier molecular flexibility index (Phi) is 5.80. The maximum absolute atomic E-state index is 13.5. The van der Waals surface area contributed by atoms with E-state index < -0.39 is 0 Å². The number of nitrogens with one attached hydrogen (secondary N) is 1. The van der Waals surface area contributed by atoms with E-state index in [4.69, 9.17) is 4.74 Å². The highest BCUT2D eigenvalue weighted by molar-refractivity contribution is 5.29. The predicted molar refractivity (Wildman–Crippen MR) is 77.9 cm³/mol. The molecule has 0 saturated carbocycles. The number of benzene rings is 1. The fourth-order valence-electron chi connectivity index (χ4n) is 1.60. The van der Waals surface area contributed by atoms with Gasteiger partial charge in [0.15, 0.2) is 0 Å². The Labute approximate surface area is 116 Å². The van der Waals surface area contributed by atoms with E-state index in [-0.39, 0.29) is 11.2 Å². The van der Waals surface area contributed by atoms with Gasteiger partial charge >= 0.3 is 0 Å². The molecule has 0 unspecified atom stereocenters. The van der Waals surface area contributed by atoms with Gasteiger partial charge in [0.25, 0.3) is 0 Å². The van der Waals surface area contributed by atoms with Crippen LogP contribution in [0.2, 0.25) is 0 Å². The Morgan fingerprint density at radius 3 is 2.47 bits per heavy atom. The van der Waals surface area contributed by atoms with Crippen LogP contribution in [0.5, 0.6) is 5.75 Å². The highest BCUT2D eigenvalue weighted by Gasteiger charge is 2.10. The van der Waals surface area contributed by atoms with Crippen molar-refractivity contribution in [2.45, 2.75) is 53.6 Å². The maximum Gasteiger partial charge on any atom is 0.127 e. The van der Waals surface area contributed by atoms with Gasteiger partial charge in [-0.2, -0.15) is 0 Å². The lowest BCUT2D eigenvalue weighted by Crippen LogP contribution is -2.21. The van der Waals surface area contributed by atoms with Crippen LogP contribution in [0.15, 0.2) is 18.2 Å². The molecule has 1 rings (SSSR count). The van der Waals surface area contributed by atoms with Crippen molar-refractivity contribution in [3.63, 3.8) is 0 Å². The minimum Gasteiger partial charge on any atom is -0.493 e. The van der Waals surface area contributed by atoms with Crippen LogP contribution in [0.1, 0.15) is 46.6 Å². The van der Waals surface area contributed by atoms with E-state index >= 15 is 0 Å². The molecule has 0 amide bonds. The van der Waals surface area contributed by atoms with Gasteiger partial charge in [0.1, 0.15) is 11.6 Å². The van der Waals surface area contributed by atoms with Crippen LogP contribution in [0, 0.1) is 11.2 Å². The average molecular weight is 267 g/mol. The number of hydrogen-bond donors (Lipinski definition) is 1. The Morgan fingerprint density at radius 2 is 1.89 bits per heavy atom. The molecule has 0 spiro atoms. The summed E-state index contributed by atoms with van der Waals surface area (Å²) in [5.74, 6) is 0.374. The Morgan fingerprint density at radius 1 is 1.21 bits per heavy atom. The first-order valence-electron chi connectivity index (χ1n) is 6.92. The summed E-state index contributed by atoms with van der Waals surface area (Å²) >= 11 is 0. The Bertz CT molecular complexity index is 396. The van der Waals surface area contributed by atoms with Gasteiger partial charge in [-0.05, 0) is 29.5 Å². The molecule has 0 saturated heterocycles. The van der Waals surface area contributed by atoms with Crippen molar-refractivity contribution in [2.75, 3.05) is 6.61 Å². The van der Waals surface area contributed by atoms with Crippen LogP contribution >= 0.6 is 0 Å². The summed E-state index contributed by atoms with van der Waals surface area (Å²) in [7, 11) is 0. The summed E-state index contributed by atoms with van der Waals surface area (Å²) in [6.45, 7) is 11.9. The van der Waals surface area contributed by atoms with E-state index in [1.165, 1.54) is 6.07 Å². The molecule has 0 heterocycles. The Balaban J connectivity index is 2.58. The van der Waals surface area contributed by atoms with Crippen molar-refractivity contribution in [1.29, 1.82) is 0 Å². The second kappa shape index (κ2) is 6.90. The van der Waals surface area contributed by atoms with Crippen LogP contribution in [0.3, 0.4) is 0 Å². The van der Waals surface area contributed by atoms with Gasteiger partial charge in [-0.3, -0.25) is 0 Å². The molecule has 108 valence electrons. The van der Waals surface area contributed by atoms with Gasteiger partial charge in [-0.1, -0.05) is 34.6 Å². The standard InChI is InChI=1S/C16H26FNO/c1-12(2)18-11-13-8-14(17)10-15(9-13)19-7-6-16(3,4)5/h8-10,12,18H,6-7,11H2,1-5H3. The normalized spacial score (nSPS) is 11.9. The highest BCUT2D eigenvalue weighted by atomic mass is 19.1. The molecule has 0 aliphatic carbocycles. The molecule has 1 aromatic rings. The van der Waals surface area contributed by atoms with E-state index in [0.29, 0.717) is 24.9 Å². The molecule has 19 heavy (non-hydrogen) atoms. The molecule has 1 aromatic carbocycles. The summed E-state index contributed by atoms with van der Waals surface area (Å²) in [4.78, 5) is 0. The molecule has 0 aliphatic rings. The predicted octanol–water partition coefficient (Wildman–Crippen LogP) is 4.14. The first-order chi connectivity index (χ1) is 8.76. The van der Waals surface area contributed by atoms with Crippen LogP contribution in [0.4, 0.5) is 4.39 Å². The molecular formula is C16H26FNO. The second-order valence-electron chi connectivity index (χ2n) is 6.49. The van der Waals surface area contributed by atoms with Crippen molar-refractivity contribution in [1.82, 2.24) is 5.32 Å². The fraction of sp³-hybridized carbons (Fsp3) is 0.625. The zero-order chi connectivity index (χ0) is 14.5. The number of ether oxygens (including phenoxy) is 1. The molecular weight excluding hydrogens is 241 g/mol. The number of hydrogen-bond acceptors (Lipinski definition) is 2. The zero-order valence-electron chi connectivity index (χ0n) is 12.7. The molecule has 0 aliphatic heterocycles. The molecule has 0 radical (unpaired) electrons. The fourth-order valence-corrected chi connectivity index (χ4v) is 1.60. The smallest absolute Gasteiger partial charge is 0.127 e. The Hall–Kier alpha value is -1.09. The summed E-state index contributed by atoms with van der Waals surface area (Å²) in [5, 5.41) is 3.27. The molecule has 0 bridgehead atoms. The summed E-state index contributed by atoms with van der Waals surface area (Å²) in [5.41, 5.74) is 1.15. The van der Waals surface area contributed by atoms with Crippen molar-refractivity contribution < 1.29 is 9.13 Å². The van der Waals surface area contributed by atoms with Crippen molar-refractivity contribution >= 4 is 0 Å². The monoisotopic (exact) mass is 267 g/mol.